The molecule has 0 spiro atoms. The summed E-state index contributed by atoms with van der Waals surface area (Å²) in [5, 5.41) is 4.58. The molecule has 0 radical (unpaired) electrons. The van der Waals surface area contributed by atoms with Gasteiger partial charge in [0.15, 0.2) is 0 Å². The Balaban J connectivity index is 2.02. The topological polar surface area (TPSA) is 59.7 Å². The van der Waals surface area contributed by atoms with Crippen LogP contribution in [0.4, 0.5) is 0 Å². The largest absolute Gasteiger partial charge is 0.381 e. The van der Waals surface area contributed by atoms with Crippen molar-refractivity contribution in [1.82, 2.24) is 14.6 Å². The van der Waals surface area contributed by atoms with Crippen LogP contribution in [-0.2, 0) is 4.74 Å². The van der Waals surface area contributed by atoms with E-state index in [1.165, 1.54) is 0 Å². The van der Waals surface area contributed by atoms with Gasteiger partial charge in [-0.3, -0.25) is 4.79 Å². The number of amides is 1. The number of halogens is 1. The number of ether oxygens (including phenoxy) is 1. The molecule has 1 aromatic rings. The van der Waals surface area contributed by atoms with E-state index in [1.807, 2.05) is 6.92 Å². The van der Waals surface area contributed by atoms with Crippen LogP contribution in [0.3, 0.4) is 0 Å². The second kappa shape index (κ2) is 6.15. The molecule has 0 aromatic carbocycles. The molecule has 114 valence electrons. The third kappa shape index (κ3) is 2.70. The second-order valence-electron chi connectivity index (χ2n) is 5.32. The summed E-state index contributed by atoms with van der Waals surface area (Å²) in [6.07, 6.45) is 3.46. The number of hydrogen-bond acceptors (Lipinski definition) is 4. The van der Waals surface area contributed by atoms with Crippen LogP contribution < -0.4 is 0 Å². The first kappa shape index (κ1) is 14.5. The van der Waals surface area contributed by atoms with Gasteiger partial charge >= 0.3 is 0 Å². The molecule has 2 aliphatic heterocycles. The second-order valence-corrected chi connectivity index (χ2v) is 5.59. The first-order valence-corrected chi connectivity index (χ1v) is 7.85. The monoisotopic (exact) mass is 310 g/mol. The Morgan fingerprint density at radius 1 is 1.43 bits per heavy atom. The van der Waals surface area contributed by atoms with Gasteiger partial charge in [-0.05, 0) is 19.8 Å². The lowest BCUT2D eigenvalue weighted by Crippen LogP contribution is -2.34. The summed E-state index contributed by atoms with van der Waals surface area (Å²) < 4.78 is 7.10. The first-order chi connectivity index (χ1) is 10.2. The van der Waals surface area contributed by atoms with Gasteiger partial charge in [0.05, 0.1) is 24.3 Å². The highest BCUT2D eigenvalue weighted by Crippen LogP contribution is 2.27. The summed E-state index contributed by atoms with van der Waals surface area (Å²) in [7, 11) is 0. The van der Waals surface area contributed by atoms with Crippen molar-refractivity contribution in [2.75, 3.05) is 32.2 Å². The van der Waals surface area contributed by atoms with Gasteiger partial charge in [0.25, 0.3) is 5.91 Å². The van der Waals surface area contributed by atoms with E-state index in [-0.39, 0.29) is 11.8 Å². The van der Waals surface area contributed by atoms with Crippen LogP contribution in [0, 0.1) is 0 Å². The molecule has 0 N–H and O–H groups in total. The Labute approximate surface area is 128 Å². The fourth-order valence-electron chi connectivity index (χ4n) is 2.80. The van der Waals surface area contributed by atoms with Crippen molar-refractivity contribution >= 4 is 23.2 Å². The van der Waals surface area contributed by atoms with E-state index in [4.69, 9.17) is 16.3 Å². The minimum Gasteiger partial charge on any atom is -0.381 e. The van der Waals surface area contributed by atoms with E-state index in [1.54, 1.807) is 15.8 Å². The predicted molar refractivity (Wildman–Crippen MR) is 80.2 cm³/mol. The smallest absolute Gasteiger partial charge is 0.274 e. The molecule has 1 aromatic heterocycles. The summed E-state index contributed by atoms with van der Waals surface area (Å²) >= 11 is 5.97. The summed E-state index contributed by atoms with van der Waals surface area (Å²) in [6.45, 7) is 4.53. The van der Waals surface area contributed by atoms with Crippen molar-refractivity contribution < 1.29 is 9.53 Å². The van der Waals surface area contributed by atoms with E-state index in [0.717, 1.165) is 37.6 Å². The molecule has 0 aliphatic carbocycles. The Hall–Kier alpha value is -1.40. The molecule has 7 heteroatoms. The number of nitrogens with zero attached hydrogens (tertiary/aromatic N) is 4. The Morgan fingerprint density at radius 2 is 2.19 bits per heavy atom. The van der Waals surface area contributed by atoms with Crippen LogP contribution >= 0.6 is 11.6 Å². The van der Waals surface area contributed by atoms with Gasteiger partial charge in [-0.15, -0.1) is 11.6 Å². The zero-order valence-corrected chi connectivity index (χ0v) is 12.8. The summed E-state index contributed by atoms with van der Waals surface area (Å²) in [5.41, 5.74) is 1.32. The van der Waals surface area contributed by atoms with Crippen LogP contribution in [0.15, 0.2) is 11.3 Å². The van der Waals surface area contributed by atoms with Gasteiger partial charge < -0.3 is 9.64 Å². The Kier molecular flexibility index (Phi) is 4.26. The minimum atomic E-state index is -0.0350. The molecule has 21 heavy (non-hydrogen) atoms. The molecule has 1 saturated heterocycles. The number of imidazole rings is 1. The van der Waals surface area contributed by atoms with Crippen LogP contribution in [-0.4, -0.2) is 58.4 Å². The van der Waals surface area contributed by atoms with E-state index in [2.05, 4.69) is 10.1 Å². The van der Waals surface area contributed by atoms with Crippen molar-refractivity contribution in [3.8, 4) is 0 Å². The average molecular weight is 311 g/mol. The number of carbonyl (C=O) groups is 1. The zero-order chi connectivity index (χ0) is 14.8. The molecule has 3 rings (SSSR count). The van der Waals surface area contributed by atoms with Crippen molar-refractivity contribution in [1.29, 1.82) is 0 Å². The number of hydrogen-bond donors (Lipinski definition) is 0. The van der Waals surface area contributed by atoms with Crippen molar-refractivity contribution in [3.63, 3.8) is 0 Å². The molecule has 0 unspecified atom stereocenters. The summed E-state index contributed by atoms with van der Waals surface area (Å²) in [4.78, 5) is 18.8. The van der Waals surface area contributed by atoms with E-state index < -0.39 is 0 Å². The Morgan fingerprint density at radius 3 is 2.86 bits per heavy atom. The molecule has 0 atom stereocenters. The van der Waals surface area contributed by atoms with E-state index in [9.17, 15) is 4.79 Å². The van der Waals surface area contributed by atoms with Crippen LogP contribution in [0.25, 0.3) is 0 Å². The quantitative estimate of drug-likeness (QED) is 0.798. The lowest BCUT2D eigenvalue weighted by Gasteiger charge is -2.21. The normalized spacial score (nSPS) is 20.2. The number of aromatic nitrogens is 2. The highest BCUT2D eigenvalue weighted by molar-refractivity contribution is 6.29. The minimum absolute atomic E-state index is 0.0350. The highest BCUT2D eigenvalue weighted by Gasteiger charge is 2.29. The number of rotatable bonds is 3. The van der Waals surface area contributed by atoms with Gasteiger partial charge in [0.2, 0.25) is 0 Å². The maximum atomic E-state index is 12.5. The third-order valence-electron chi connectivity index (χ3n) is 4.01. The van der Waals surface area contributed by atoms with Crippen LogP contribution in [0.5, 0.6) is 0 Å². The molecule has 1 amide bonds. The lowest BCUT2D eigenvalue weighted by molar-refractivity contribution is 0.0778. The molecule has 3 heterocycles. The van der Waals surface area contributed by atoms with Gasteiger partial charge in [0.1, 0.15) is 11.5 Å². The van der Waals surface area contributed by atoms with Gasteiger partial charge in [-0.2, -0.15) is 5.10 Å². The fourth-order valence-corrected chi connectivity index (χ4v) is 2.93. The van der Waals surface area contributed by atoms with Gasteiger partial charge in [-0.1, -0.05) is 0 Å². The van der Waals surface area contributed by atoms with Gasteiger partial charge in [0, 0.05) is 25.7 Å². The molecule has 0 saturated carbocycles. The van der Waals surface area contributed by atoms with E-state index in [0.29, 0.717) is 24.7 Å². The number of carbonyl (C=O) groups excluding carboxylic acids is 1. The molecule has 2 aliphatic rings. The zero-order valence-electron chi connectivity index (χ0n) is 12.1. The summed E-state index contributed by atoms with van der Waals surface area (Å²) in [6, 6.07) is 0. The summed E-state index contributed by atoms with van der Waals surface area (Å²) in [5.74, 6) is 1.41. The van der Waals surface area contributed by atoms with Gasteiger partial charge in [-0.25, -0.2) is 9.66 Å². The van der Waals surface area contributed by atoms with Crippen molar-refractivity contribution in [2.24, 2.45) is 5.10 Å². The SMILES string of the molecule is CCN1CC(CCl)=Nn2c(cnc2C2CCOCC2)C1=O. The molecular formula is C14H19ClN4O2. The average Bonchev–Trinajstić information content (AvgIpc) is 2.89. The molecule has 0 bridgehead atoms. The maximum absolute atomic E-state index is 12.5. The lowest BCUT2D eigenvalue weighted by atomic mass is 10.00. The third-order valence-corrected chi connectivity index (χ3v) is 4.32. The standard InChI is InChI=1S/C14H19ClN4O2/c1-2-18-9-11(7-15)17-19-12(14(18)20)8-16-13(19)10-3-5-21-6-4-10/h8,10H,2-7,9H2,1H3. The number of fused-ring (bicyclic) bond motifs is 1. The number of alkyl halides is 1. The molecule has 6 nitrogen and oxygen atoms in total. The predicted octanol–water partition coefficient (Wildman–Crippen LogP) is 1.70. The van der Waals surface area contributed by atoms with Crippen LogP contribution in [0.1, 0.15) is 42.0 Å². The first-order valence-electron chi connectivity index (χ1n) is 7.32. The molecular weight excluding hydrogens is 292 g/mol. The van der Waals surface area contributed by atoms with Crippen molar-refractivity contribution in [2.45, 2.75) is 25.7 Å². The fraction of sp³-hybridized carbons (Fsp3) is 0.643. The highest BCUT2D eigenvalue weighted by atomic mass is 35.5. The molecule has 1 fully saturated rings. The van der Waals surface area contributed by atoms with Crippen molar-refractivity contribution in [3.05, 3.63) is 17.7 Å². The maximum Gasteiger partial charge on any atom is 0.274 e. The Bertz CT molecular complexity index is 563. The van der Waals surface area contributed by atoms with E-state index >= 15 is 0 Å². The van der Waals surface area contributed by atoms with Crippen LogP contribution in [0.2, 0.25) is 0 Å².